The van der Waals surface area contributed by atoms with E-state index in [9.17, 15) is 4.79 Å². The maximum absolute atomic E-state index is 12.1. The number of carbonyl (C=O) groups excluding carboxylic acids is 1. The molecule has 1 aliphatic heterocycles. The van der Waals surface area contributed by atoms with Gasteiger partial charge in [-0.1, -0.05) is 23.8 Å². The molecule has 0 aromatic heterocycles. The van der Waals surface area contributed by atoms with Crippen molar-refractivity contribution in [3.8, 4) is 0 Å². The maximum Gasteiger partial charge on any atom is 0.244 e. The molecule has 1 fully saturated rings. The molecule has 1 atom stereocenters. The number of aryl methyl sites for hydroxylation is 2. The highest BCUT2D eigenvalue weighted by atomic mass is 16.2. The molecular weight excluding hydrogens is 200 g/mol. The Morgan fingerprint density at radius 1 is 1.31 bits per heavy atom. The van der Waals surface area contributed by atoms with E-state index in [0.717, 1.165) is 25.9 Å². The first-order chi connectivity index (χ1) is 7.72. The summed E-state index contributed by atoms with van der Waals surface area (Å²) in [7, 11) is 0. The Bertz CT molecular complexity index is 451. The Morgan fingerprint density at radius 3 is 3.00 bits per heavy atom. The van der Waals surface area contributed by atoms with E-state index in [1.165, 1.54) is 16.7 Å². The maximum atomic E-state index is 12.1. The summed E-state index contributed by atoms with van der Waals surface area (Å²) in [6, 6.07) is 6.43. The molecule has 0 radical (unpaired) electrons. The normalized spacial score (nSPS) is 27.9. The van der Waals surface area contributed by atoms with E-state index < -0.39 is 5.54 Å². The lowest BCUT2D eigenvalue weighted by Crippen LogP contribution is -2.59. The van der Waals surface area contributed by atoms with Gasteiger partial charge in [0.2, 0.25) is 5.91 Å². The second-order valence-electron chi connectivity index (χ2n) is 4.75. The fourth-order valence-corrected chi connectivity index (χ4v) is 2.86. The predicted octanol–water partition coefficient (Wildman–Crippen LogP) is 0.856. The lowest BCUT2D eigenvalue weighted by atomic mass is 9.88. The molecule has 2 N–H and O–H groups in total. The molecule has 1 saturated heterocycles. The van der Waals surface area contributed by atoms with Gasteiger partial charge in [0, 0.05) is 13.1 Å². The topological polar surface area (TPSA) is 41.1 Å². The first kappa shape index (κ1) is 9.85. The number of fused-ring (bicyclic) bond motifs is 2. The summed E-state index contributed by atoms with van der Waals surface area (Å²) in [5.74, 6) is 0.142. The fraction of sp³-hybridized carbons (Fsp3) is 0.462. The summed E-state index contributed by atoms with van der Waals surface area (Å²) in [6.45, 7) is 3.67. The van der Waals surface area contributed by atoms with Gasteiger partial charge in [0.1, 0.15) is 5.54 Å². The van der Waals surface area contributed by atoms with E-state index in [0.29, 0.717) is 0 Å². The van der Waals surface area contributed by atoms with Crippen LogP contribution in [0.25, 0.3) is 0 Å². The summed E-state index contributed by atoms with van der Waals surface area (Å²) in [5.41, 5.74) is 3.28. The van der Waals surface area contributed by atoms with Crippen LogP contribution in [-0.4, -0.2) is 19.0 Å². The molecule has 1 amide bonds. The van der Waals surface area contributed by atoms with Crippen LogP contribution in [0.2, 0.25) is 0 Å². The summed E-state index contributed by atoms with van der Waals surface area (Å²) >= 11 is 0. The van der Waals surface area contributed by atoms with Gasteiger partial charge in [-0.15, -0.1) is 0 Å². The molecule has 3 nitrogen and oxygen atoms in total. The van der Waals surface area contributed by atoms with E-state index in [4.69, 9.17) is 0 Å². The summed E-state index contributed by atoms with van der Waals surface area (Å²) in [5, 5.41) is 6.39. The molecule has 2 aliphatic rings. The molecule has 1 aromatic carbocycles. The van der Waals surface area contributed by atoms with Crippen molar-refractivity contribution in [3.05, 3.63) is 34.9 Å². The van der Waals surface area contributed by atoms with Gasteiger partial charge >= 0.3 is 0 Å². The van der Waals surface area contributed by atoms with Gasteiger partial charge in [-0.2, -0.15) is 0 Å². The number of rotatable bonds is 0. The molecule has 3 rings (SSSR count). The van der Waals surface area contributed by atoms with Gasteiger partial charge in [0.15, 0.2) is 0 Å². The van der Waals surface area contributed by atoms with Crippen molar-refractivity contribution in [1.82, 2.24) is 10.6 Å². The molecule has 1 aliphatic carbocycles. The van der Waals surface area contributed by atoms with Crippen LogP contribution in [0.3, 0.4) is 0 Å². The fourth-order valence-electron chi connectivity index (χ4n) is 2.86. The Morgan fingerprint density at radius 2 is 2.19 bits per heavy atom. The molecule has 16 heavy (non-hydrogen) atoms. The average Bonchev–Trinajstić information content (AvgIpc) is 2.63. The van der Waals surface area contributed by atoms with E-state index in [1.54, 1.807) is 0 Å². The number of hydrogen-bond acceptors (Lipinski definition) is 2. The van der Waals surface area contributed by atoms with Gasteiger partial charge < -0.3 is 5.32 Å². The minimum Gasteiger partial charge on any atom is -0.353 e. The van der Waals surface area contributed by atoms with Crippen molar-refractivity contribution in [2.24, 2.45) is 0 Å². The number of piperazine rings is 1. The van der Waals surface area contributed by atoms with Crippen LogP contribution in [0, 0.1) is 6.92 Å². The molecule has 0 bridgehead atoms. The summed E-state index contributed by atoms with van der Waals surface area (Å²) < 4.78 is 0. The van der Waals surface area contributed by atoms with Gasteiger partial charge in [0.25, 0.3) is 0 Å². The van der Waals surface area contributed by atoms with Crippen molar-refractivity contribution in [2.75, 3.05) is 13.1 Å². The first-order valence-electron chi connectivity index (χ1n) is 5.86. The van der Waals surface area contributed by atoms with Crippen LogP contribution < -0.4 is 10.6 Å². The Labute approximate surface area is 95.2 Å². The summed E-state index contributed by atoms with van der Waals surface area (Å²) in [4.78, 5) is 12.1. The first-order valence-corrected chi connectivity index (χ1v) is 5.86. The quantitative estimate of drug-likeness (QED) is 0.675. The standard InChI is InChI=1S/C13H16N2O/c1-9-2-3-10-4-5-13(11(10)8-9)12(16)14-6-7-15-13/h2-3,8,15H,4-7H2,1H3,(H,14,16). The third-order valence-electron chi connectivity index (χ3n) is 3.72. The zero-order valence-corrected chi connectivity index (χ0v) is 9.47. The van der Waals surface area contributed by atoms with Gasteiger partial charge in [-0.25, -0.2) is 0 Å². The third-order valence-corrected chi connectivity index (χ3v) is 3.72. The number of hydrogen-bond donors (Lipinski definition) is 2. The Hall–Kier alpha value is -1.35. The molecular formula is C13H16N2O. The molecule has 0 saturated carbocycles. The van der Waals surface area contributed by atoms with Gasteiger partial charge in [-0.05, 0) is 30.9 Å². The van der Waals surface area contributed by atoms with Crippen LogP contribution >= 0.6 is 0 Å². The monoisotopic (exact) mass is 216 g/mol. The molecule has 3 heteroatoms. The van der Waals surface area contributed by atoms with Crippen molar-refractivity contribution >= 4 is 5.91 Å². The number of nitrogens with one attached hydrogen (secondary N) is 2. The van der Waals surface area contributed by atoms with Crippen LogP contribution in [0.1, 0.15) is 23.1 Å². The zero-order chi connectivity index (χ0) is 11.2. The second-order valence-corrected chi connectivity index (χ2v) is 4.75. The van der Waals surface area contributed by atoms with Gasteiger partial charge in [-0.3, -0.25) is 10.1 Å². The van der Waals surface area contributed by atoms with Gasteiger partial charge in [0.05, 0.1) is 0 Å². The second kappa shape index (κ2) is 3.32. The molecule has 84 valence electrons. The minimum absolute atomic E-state index is 0.142. The lowest BCUT2D eigenvalue weighted by molar-refractivity contribution is -0.129. The van der Waals surface area contributed by atoms with Crippen molar-refractivity contribution in [1.29, 1.82) is 0 Å². The van der Waals surface area contributed by atoms with E-state index in [1.807, 2.05) is 0 Å². The highest BCUT2D eigenvalue weighted by Gasteiger charge is 2.46. The lowest BCUT2D eigenvalue weighted by Gasteiger charge is -2.34. The van der Waals surface area contributed by atoms with E-state index in [-0.39, 0.29) is 5.91 Å². The van der Waals surface area contributed by atoms with E-state index >= 15 is 0 Å². The van der Waals surface area contributed by atoms with Crippen LogP contribution in [0.5, 0.6) is 0 Å². The highest BCUT2D eigenvalue weighted by Crippen LogP contribution is 2.38. The highest BCUT2D eigenvalue weighted by molar-refractivity contribution is 5.89. The van der Waals surface area contributed by atoms with E-state index in [2.05, 4.69) is 35.8 Å². The number of benzene rings is 1. The number of carbonyl (C=O) groups is 1. The SMILES string of the molecule is Cc1ccc2c(c1)C1(CC2)NCCNC1=O. The average molecular weight is 216 g/mol. The molecule has 1 spiro atoms. The number of amides is 1. The van der Waals surface area contributed by atoms with Crippen LogP contribution in [0.4, 0.5) is 0 Å². The van der Waals surface area contributed by atoms with Crippen molar-refractivity contribution < 1.29 is 4.79 Å². The van der Waals surface area contributed by atoms with Crippen LogP contribution in [0.15, 0.2) is 18.2 Å². The largest absolute Gasteiger partial charge is 0.353 e. The summed E-state index contributed by atoms with van der Waals surface area (Å²) in [6.07, 6.45) is 1.88. The molecule has 1 heterocycles. The third kappa shape index (κ3) is 1.21. The molecule has 1 unspecified atom stereocenters. The van der Waals surface area contributed by atoms with Crippen molar-refractivity contribution in [2.45, 2.75) is 25.3 Å². The smallest absolute Gasteiger partial charge is 0.244 e. The predicted molar refractivity (Wildman–Crippen MR) is 62.2 cm³/mol. The Kier molecular flexibility index (Phi) is 2.04. The van der Waals surface area contributed by atoms with Crippen molar-refractivity contribution in [3.63, 3.8) is 0 Å². The Balaban J connectivity index is 2.12. The zero-order valence-electron chi connectivity index (χ0n) is 9.47. The molecule has 1 aromatic rings. The van der Waals surface area contributed by atoms with Crippen LogP contribution in [-0.2, 0) is 16.8 Å². The minimum atomic E-state index is -0.445.